The maximum absolute atomic E-state index is 12.9. The van der Waals surface area contributed by atoms with Gasteiger partial charge in [0.1, 0.15) is 19.8 Å². The van der Waals surface area contributed by atoms with Crippen LogP contribution in [0.1, 0.15) is 296 Å². The number of nitrogens with zero attached hydrogens (tertiary/aromatic N) is 1. The van der Waals surface area contributed by atoms with E-state index in [-0.39, 0.29) is 32.0 Å². The Morgan fingerprint density at radius 2 is 0.713 bits per heavy atom. The number of allylic oxidation sites excluding steroid dienone is 14. The minimum Gasteiger partial charge on any atom is -0.462 e. The van der Waals surface area contributed by atoms with Crippen molar-refractivity contribution in [3.8, 4) is 0 Å². The Morgan fingerprint density at radius 3 is 1.06 bits per heavy atom. The zero-order valence-electron chi connectivity index (χ0n) is 52.8. The number of ether oxygens (including phenoxy) is 2. The molecule has 80 heavy (non-hydrogen) atoms. The summed E-state index contributed by atoms with van der Waals surface area (Å²) in [6.45, 7) is 4.32. The molecule has 10 heteroatoms. The molecule has 0 heterocycles. The van der Waals surface area contributed by atoms with Crippen molar-refractivity contribution in [2.24, 2.45) is 0 Å². The molecule has 2 unspecified atom stereocenters. The zero-order valence-corrected chi connectivity index (χ0v) is 53.7. The van der Waals surface area contributed by atoms with Crippen LogP contribution in [0.5, 0.6) is 0 Å². The number of carbonyl (C=O) groups excluding carboxylic acids is 2. The number of likely N-dealkylation sites (N-methyl/N-ethyl adjacent to an activating group) is 1. The van der Waals surface area contributed by atoms with Gasteiger partial charge in [0.2, 0.25) is 0 Å². The van der Waals surface area contributed by atoms with Gasteiger partial charge in [0.15, 0.2) is 6.10 Å². The first-order valence-electron chi connectivity index (χ1n) is 33.3. The largest absolute Gasteiger partial charge is 0.472 e. The highest BCUT2D eigenvalue weighted by atomic mass is 31.2. The molecule has 0 aliphatic rings. The average molecular weight is 1140 g/mol. The molecule has 0 aromatic carbocycles. The Kier molecular flexibility index (Phi) is 58.6. The monoisotopic (exact) mass is 1140 g/mol. The molecular formula is C70H127NO8P+. The molecule has 0 radical (unpaired) electrons. The lowest BCUT2D eigenvalue weighted by Gasteiger charge is -2.24. The molecule has 0 aliphatic carbocycles. The summed E-state index contributed by atoms with van der Waals surface area (Å²) in [5.74, 6) is -0.803. The van der Waals surface area contributed by atoms with Crippen molar-refractivity contribution in [3.63, 3.8) is 0 Å². The lowest BCUT2D eigenvalue weighted by molar-refractivity contribution is -0.870. The van der Waals surface area contributed by atoms with Crippen LogP contribution in [0, 0.1) is 0 Å². The standard InChI is InChI=1S/C70H126NO8P/c1-6-8-10-12-14-16-18-20-22-24-26-28-29-30-31-32-33-34-35-36-37-38-39-40-41-43-45-47-49-51-53-55-57-59-61-63-70(73)79-68(67-78-80(74,75)77-65-64-71(3,4)5)66-76-69(72)62-60-58-56-54-52-50-48-46-44-42-27-25-23-21-19-17-15-13-11-9-7-2/h8,10,14,16,19-22,25-28,44,46,68H,6-7,9,11-13,15,17-18,23-24,29-43,45,47-67H2,1-5H3/p+1/b10-8-,16-14-,21-19-,22-20-,27-25-,28-26-,46-44-. The second-order valence-electron chi connectivity index (χ2n) is 23.5. The minimum absolute atomic E-state index is 0.0281. The van der Waals surface area contributed by atoms with Gasteiger partial charge >= 0.3 is 19.8 Å². The van der Waals surface area contributed by atoms with Gasteiger partial charge < -0.3 is 18.9 Å². The summed E-state index contributed by atoms with van der Waals surface area (Å²) in [5.41, 5.74) is 0. The van der Waals surface area contributed by atoms with E-state index in [1.807, 2.05) is 21.1 Å². The predicted octanol–water partition coefficient (Wildman–Crippen LogP) is 21.4. The smallest absolute Gasteiger partial charge is 0.462 e. The summed E-state index contributed by atoms with van der Waals surface area (Å²) in [6, 6.07) is 0. The van der Waals surface area contributed by atoms with E-state index in [4.69, 9.17) is 18.5 Å². The molecule has 0 spiro atoms. The number of phosphoric ester groups is 1. The van der Waals surface area contributed by atoms with Gasteiger partial charge in [-0.05, 0) is 89.9 Å². The van der Waals surface area contributed by atoms with Crippen LogP contribution in [0.25, 0.3) is 0 Å². The van der Waals surface area contributed by atoms with Crippen molar-refractivity contribution in [3.05, 3.63) is 85.1 Å². The van der Waals surface area contributed by atoms with Crippen molar-refractivity contribution in [2.45, 2.75) is 302 Å². The van der Waals surface area contributed by atoms with Gasteiger partial charge in [0.25, 0.3) is 0 Å². The maximum atomic E-state index is 12.9. The average Bonchev–Trinajstić information content (AvgIpc) is 3.42. The second-order valence-corrected chi connectivity index (χ2v) is 24.9. The van der Waals surface area contributed by atoms with Crippen LogP contribution in [0.2, 0.25) is 0 Å². The molecule has 1 N–H and O–H groups in total. The van der Waals surface area contributed by atoms with Crippen molar-refractivity contribution >= 4 is 19.8 Å². The number of esters is 2. The van der Waals surface area contributed by atoms with Gasteiger partial charge in [-0.3, -0.25) is 18.6 Å². The number of carbonyl (C=O) groups is 2. The Morgan fingerprint density at radius 1 is 0.400 bits per heavy atom. The molecule has 464 valence electrons. The summed E-state index contributed by atoms with van der Waals surface area (Å²) in [6.07, 6.45) is 82.5. The maximum Gasteiger partial charge on any atom is 0.472 e. The summed E-state index contributed by atoms with van der Waals surface area (Å²) in [7, 11) is 1.47. The summed E-state index contributed by atoms with van der Waals surface area (Å²) < 4.78 is 34.7. The molecule has 0 amide bonds. The Labute approximate surface area is 494 Å². The van der Waals surface area contributed by atoms with Crippen molar-refractivity contribution in [2.75, 3.05) is 47.5 Å². The zero-order chi connectivity index (χ0) is 58.4. The summed E-state index contributed by atoms with van der Waals surface area (Å²) >= 11 is 0. The molecule has 0 saturated carbocycles. The molecular weight excluding hydrogens is 1010 g/mol. The van der Waals surface area contributed by atoms with E-state index in [1.54, 1.807) is 0 Å². The Bertz CT molecular complexity index is 1630. The molecule has 0 aromatic rings. The molecule has 0 aliphatic heterocycles. The first kappa shape index (κ1) is 77.2. The van der Waals surface area contributed by atoms with E-state index in [0.717, 1.165) is 83.5 Å². The van der Waals surface area contributed by atoms with Crippen LogP contribution >= 0.6 is 7.82 Å². The van der Waals surface area contributed by atoms with Crippen LogP contribution in [0.15, 0.2) is 85.1 Å². The van der Waals surface area contributed by atoms with Crippen LogP contribution in [0.3, 0.4) is 0 Å². The van der Waals surface area contributed by atoms with Gasteiger partial charge in [-0.2, -0.15) is 0 Å². The van der Waals surface area contributed by atoms with Crippen molar-refractivity contribution in [1.82, 2.24) is 0 Å². The molecule has 0 aromatic heterocycles. The van der Waals surface area contributed by atoms with Gasteiger partial charge in [-0.1, -0.05) is 279 Å². The molecule has 0 rings (SSSR count). The topological polar surface area (TPSA) is 108 Å². The van der Waals surface area contributed by atoms with Crippen LogP contribution < -0.4 is 0 Å². The van der Waals surface area contributed by atoms with E-state index < -0.39 is 26.5 Å². The van der Waals surface area contributed by atoms with Gasteiger partial charge in [0, 0.05) is 12.8 Å². The third kappa shape index (κ3) is 64.4. The minimum atomic E-state index is -4.39. The van der Waals surface area contributed by atoms with E-state index in [1.165, 1.54) is 180 Å². The van der Waals surface area contributed by atoms with Crippen LogP contribution in [-0.2, 0) is 32.7 Å². The number of phosphoric acid groups is 1. The summed E-state index contributed by atoms with van der Waals surface area (Å²) in [4.78, 5) is 35.8. The lowest BCUT2D eigenvalue weighted by Crippen LogP contribution is -2.37. The van der Waals surface area contributed by atoms with E-state index in [0.29, 0.717) is 17.4 Å². The first-order chi connectivity index (χ1) is 39.0. The van der Waals surface area contributed by atoms with Crippen LogP contribution in [0.4, 0.5) is 0 Å². The fourth-order valence-electron chi connectivity index (χ4n) is 9.31. The van der Waals surface area contributed by atoms with E-state index in [9.17, 15) is 19.0 Å². The number of rotatable bonds is 61. The Hall–Kier alpha value is -2.81. The predicted molar refractivity (Wildman–Crippen MR) is 344 cm³/mol. The first-order valence-corrected chi connectivity index (χ1v) is 34.8. The molecule has 0 fully saturated rings. The van der Waals surface area contributed by atoms with E-state index in [2.05, 4.69) is 98.9 Å². The summed E-state index contributed by atoms with van der Waals surface area (Å²) in [5, 5.41) is 0. The number of hydrogen-bond donors (Lipinski definition) is 1. The number of quaternary nitrogens is 1. The van der Waals surface area contributed by atoms with Crippen molar-refractivity contribution < 1.29 is 42.1 Å². The fraction of sp³-hybridized carbons (Fsp3) is 0.771. The SMILES string of the molecule is CC/C=C\C/C=C\C/C=C\C/C=C\CCCCCCCCCCCCCCCCCCCCCCCCC(=O)OC(COC(=O)CCCCCCCC/C=C\C/C=C\C/C=C\CCCCCCC)COP(=O)(O)OCC[N+](C)(C)C. The van der Waals surface area contributed by atoms with E-state index >= 15 is 0 Å². The highest BCUT2D eigenvalue weighted by Gasteiger charge is 2.27. The number of unbranched alkanes of at least 4 members (excludes halogenated alkanes) is 33. The molecule has 2 atom stereocenters. The second kappa shape index (κ2) is 60.8. The third-order valence-electron chi connectivity index (χ3n) is 14.4. The Balaban J connectivity index is 4.03. The van der Waals surface area contributed by atoms with Crippen LogP contribution in [-0.4, -0.2) is 74.9 Å². The van der Waals surface area contributed by atoms with Gasteiger partial charge in [-0.15, -0.1) is 0 Å². The molecule has 9 nitrogen and oxygen atoms in total. The van der Waals surface area contributed by atoms with Gasteiger partial charge in [0.05, 0.1) is 27.7 Å². The molecule has 0 bridgehead atoms. The lowest BCUT2D eigenvalue weighted by atomic mass is 10.0. The fourth-order valence-corrected chi connectivity index (χ4v) is 10.1. The third-order valence-corrected chi connectivity index (χ3v) is 15.4. The van der Waals surface area contributed by atoms with Gasteiger partial charge in [-0.25, -0.2) is 4.57 Å². The normalized spacial score (nSPS) is 13.7. The quantitative estimate of drug-likeness (QED) is 0.0211. The highest BCUT2D eigenvalue weighted by Crippen LogP contribution is 2.43. The van der Waals surface area contributed by atoms with Crippen molar-refractivity contribution in [1.29, 1.82) is 0 Å². The number of hydrogen-bond acceptors (Lipinski definition) is 7. The highest BCUT2D eigenvalue weighted by molar-refractivity contribution is 7.47. The molecule has 0 saturated heterocycles.